The number of benzene rings is 1. The van der Waals surface area contributed by atoms with Gasteiger partial charge < -0.3 is 35.4 Å². The molecule has 3 heterocycles. The fourth-order valence-corrected chi connectivity index (χ4v) is 3.38. The van der Waals surface area contributed by atoms with E-state index in [9.17, 15) is 14.7 Å². The molecule has 7 N–H and O–H groups in total. The van der Waals surface area contributed by atoms with E-state index < -0.39 is 29.8 Å². The lowest BCUT2D eigenvalue weighted by Crippen LogP contribution is -2.55. The van der Waals surface area contributed by atoms with Crippen molar-refractivity contribution in [1.29, 1.82) is 0 Å². The lowest BCUT2D eigenvalue weighted by molar-refractivity contribution is -0.323. The average molecular weight is 501 g/mol. The summed E-state index contributed by atoms with van der Waals surface area (Å²) >= 11 is 0. The second kappa shape index (κ2) is 9.70. The first-order valence-electron chi connectivity index (χ1n) is 10.5. The first kappa shape index (κ1) is 24.7. The van der Waals surface area contributed by atoms with Crippen molar-refractivity contribution < 1.29 is 34.8 Å². The monoisotopic (exact) mass is 501 g/mol. The number of hydrogen-bond acceptors (Lipinski definition) is 12. The summed E-state index contributed by atoms with van der Waals surface area (Å²) < 4.78 is 7.06. The van der Waals surface area contributed by atoms with Gasteiger partial charge in [0.1, 0.15) is 6.33 Å². The predicted molar refractivity (Wildman–Crippen MR) is 122 cm³/mol. The highest BCUT2D eigenvalue weighted by molar-refractivity contribution is 5.99. The molecule has 2 aromatic heterocycles. The van der Waals surface area contributed by atoms with Gasteiger partial charge in [-0.3, -0.25) is 20.1 Å². The summed E-state index contributed by atoms with van der Waals surface area (Å²) in [5.41, 5.74) is 0.393. The Kier molecular flexibility index (Phi) is 6.67. The molecule has 0 saturated carbocycles. The van der Waals surface area contributed by atoms with Crippen LogP contribution >= 0.6 is 0 Å². The lowest BCUT2D eigenvalue weighted by atomic mass is 10.1. The number of carbonyl (C=O) groups is 2. The van der Waals surface area contributed by atoms with Crippen LogP contribution in [0.25, 0.3) is 11.4 Å². The molecule has 1 aliphatic heterocycles. The number of methoxy groups -OCH3 is 1. The minimum Gasteiger partial charge on any atom is -0.494 e. The maximum atomic E-state index is 12.5. The summed E-state index contributed by atoms with van der Waals surface area (Å²) in [6.07, 6.45) is -2.60. The maximum absolute atomic E-state index is 12.5. The van der Waals surface area contributed by atoms with Crippen LogP contribution in [0, 0.1) is 0 Å². The number of aliphatic hydroxyl groups excluding tert-OH is 1. The third-order valence-electron chi connectivity index (χ3n) is 5.00. The smallest absolute Gasteiger partial charge is 0.369 e. The molecule has 190 valence electrons. The molecule has 3 aromatic rings. The Balaban J connectivity index is 1.69. The third-order valence-corrected chi connectivity index (χ3v) is 5.00. The largest absolute Gasteiger partial charge is 0.494 e. The third kappa shape index (κ3) is 5.47. The quantitative estimate of drug-likeness (QED) is 0.185. The number of likely N-dealkylation sites (tertiary alicyclic amines) is 1. The highest BCUT2D eigenvalue weighted by Gasteiger charge is 2.30. The second-order valence-corrected chi connectivity index (χ2v) is 7.82. The molecule has 0 radical (unpaired) electrons. The Hall–Kier alpha value is -4.38. The van der Waals surface area contributed by atoms with Crippen molar-refractivity contribution in [2.45, 2.75) is 12.2 Å². The zero-order valence-electron chi connectivity index (χ0n) is 19.1. The lowest BCUT2D eigenvalue weighted by Gasteiger charge is -2.35. The van der Waals surface area contributed by atoms with Crippen molar-refractivity contribution >= 4 is 29.1 Å². The van der Waals surface area contributed by atoms with Gasteiger partial charge in [-0.05, 0) is 12.1 Å². The SMILES string of the molecule is COc1c(Nc2cc(NC(=O)N3CC(O)C3)nnc2C(=O)NC(O)(O)O)cccc1-c1ncn(C)n1. The van der Waals surface area contributed by atoms with Crippen LogP contribution in [0.3, 0.4) is 0 Å². The fraction of sp³-hybridized carbons (Fsp3) is 0.300. The molecule has 0 unspecified atom stereocenters. The molecular formula is C20H23N9O7. The van der Waals surface area contributed by atoms with Crippen LogP contribution in [0.4, 0.5) is 22.0 Å². The molecule has 16 nitrogen and oxygen atoms in total. The van der Waals surface area contributed by atoms with E-state index in [0.29, 0.717) is 22.8 Å². The first-order valence-corrected chi connectivity index (χ1v) is 10.5. The number of hydrogen-bond donors (Lipinski definition) is 7. The standard InChI is InChI=1S/C20H23N9O7/c1-28-9-21-17(27-28)11-4-3-5-12(16(11)36-2)22-13-6-14(23-19(32)29-7-10(30)8-29)25-26-15(13)18(31)24-20(33,34)35/h3-6,9-10,30,33-35H,7-8H2,1-2H3,(H,24,31)(H2,22,23,25,32). The van der Waals surface area contributed by atoms with E-state index >= 15 is 0 Å². The van der Waals surface area contributed by atoms with Gasteiger partial charge >= 0.3 is 12.1 Å². The number of nitrogens with zero attached hydrogens (tertiary/aromatic N) is 6. The van der Waals surface area contributed by atoms with Crippen LogP contribution in [0.15, 0.2) is 30.6 Å². The number of ether oxygens (including phenoxy) is 1. The molecule has 0 aliphatic carbocycles. The Bertz CT molecular complexity index is 1280. The number of anilines is 3. The molecule has 0 spiro atoms. The molecule has 1 aromatic carbocycles. The van der Waals surface area contributed by atoms with Crippen LogP contribution in [-0.2, 0) is 7.05 Å². The van der Waals surface area contributed by atoms with Crippen molar-refractivity contribution in [2.75, 3.05) is 30.8 Å². The summed E-state index contributed by atoms with van der Waals surface area (Å²) in [5, 5.41) is 55.7. The van der Waals surface area contributed by atoms with Gasteiger partial charge in [0.05, 0.1) is 43.2 Å². The number of aliphatic hydroxyl groups is 4. The molecule has 0 atom stereocenters. The predicted octanol–water partition coefficient (Wildman–Crippen LogP) is -1.45. The van der Waals surface area contributed by atoms with Crippen LogP contribution < -0.4 is 20.7 Å². The van der Waals surface area contributed by atoms with Gasteiger partial charge in [0, 0.05) is 13.1 Å². The summed E-state index contributed by atoms with van der Waals surface area (Å²) in [7, 11) is 3.13. The Morgan fingerprint density at radius 1 is 1.17 bits per heavy atom. The van der Waals surface area contributed by atoms with Gasteiger partial charge in [0.2, 0.25) is 0 Å². The topological polar surface area (TPSA) is 220 Å². The Morgan fingerprint density at radius 3 is 2.53 bits per heavy atom. The van der Waals surface area contributed by atoms with E-state index in [1.165, 1.54) is 34.4 Å². The van der Waals surface area contributed by atoms with E-state index in [1.807, 2.05) is 0 Å². The van der Waals surface area contributed by atoms with E-state index in [1.54, 1.807) is 25.2 Å². The van der Waals surface area contributed by atoms with Gasteiger partial charge in [0.15, 0.2) is 23.1 Å². The molecule has 36 heavy (non-hydrogen) atoms. The van der Waals surface area contributed by atoms with Crippen LogP contribution in [0.1, 0.15) is 10.5 Å². The van der Waals surface area contributed by atoms with Crippen LogP contribution in [-0.4, -0.2) is 94.6 Å². The van der Waals surface area contributed by atoms with E-state index in [2.05, 4.69) is 30.9 Å². The fourth-order valence-electron chi connectivity index (χ4n) is 3.38. The molecule has 4 rings (SSSR count). The highest BCUT2D eigenvalue weighted by atomic mass is 16.7. The first-order chi connectivity index (χ1) is 17.0. The number of carbonyl (C=O) groups excluding carboxylic acids is 2. The maximum Gasteiger partial charge on any atom is 0.369 e. The number of rotatable bonds is 7. The number of para-hydroxylation sites is 1. The van der Waals surface area contributed by atoms with Crippen molar-refractivity contribution in [3.8, 4) is 17.1 Å². The highest BCUT2D eigenvalue weighted by Crippen LogP contribution is 2.37. The number of aryl methyl sites for hydroxylation is 1. The van der Waals surface area contributed by atoms with Gasteiger partial charge in [-0.1, -0.05) is 6.07 Å². The molecular weight excluding hydrogens is 478 g/mol. The Labute approximate surface area is 203 Å². The van der Waals surface area contributed by atoms with Crippen molar-refractivity contribution in [2.24, 2.45) is 7.05 Å². The van der Waals surface area contributed by atoms with E-state index in [-0.39, 0.29) is 24.6 Å². The zero-order chi connectivity index (χ0) is 26.0. The number of urea groups is 1. The van der Waals surface area contributed by atoms with Crippen molar-refractivity contribution in [3.05, 3.63) is 36.3 Å². The van der Waals surface area contributed by atoms with E-state index in [4.69, 9.17) is 20.1 Å². The number of nitrogens with one attached hydrogen (secondary N) is 3. The summed E-state index contributed by atoms with van der Waals surface area (Å²) in [6, 6.07) is 5.76. The summed E-state index contributed by atoms with van der Waals surface area (Å²) in [4.78, 5) is 30.4. The van der Waals surface area contributed by atoms with Crippen molar-refractivity contribution in [1.82, 2.24) is 35.2 Å². The van der Waals surface area contributed by atoms with Crippen molar-refractivity contribution in [3.63, 3.8) is 0 Å². The van der Waals surface area contributed by atoms with Gasteiger partial charge in [0.25, 0.3) is 5.91 Å². The minimum atomic E-state index is -3.51. The molecule has 3 amide bonds. The summed E-state index contributed by atoms with van der Waals surface area (Å²) in [6.45, 7) is 0.310. The minimum absolute atomic E-state index is 0.0323. The normalized spacial score (nSPS) is 13.7. The number of aromatic nitrogens is 5. The van der Waals surface area contributed by atoms with Gasteiger partial charge in [-0.15, -0.1) is 10.2 Å². The Morgan fingerprint density at radius 2 is 1.92 bits per heavy atom. The molecule has 16 heteroatoms. The van der Waals surface area contributed by atoms with Crippen LogP contribution in [0.5, 0.6) is 5.75 Å². The molecule has 1 aliphatic rings. The van der Waals surface area contributed by atoms with E-state index in [0.717, 1.165) is 0 Å². The zero-order valence-corrected chi connectivity index (χ0v) is 19.1. The molecule has 1 fully saturated rings. The molecule has 0 bridgehead atoms. The second-order valence-electron chi connectivity index (χ2n) is 7.82. The number of β-amino-alcohol motifs (C(OH)–C–C–N with tert-alkyl or cyclic N) is 1. The average Bonchev–Trinajstić information content (AvgIpc) is 3.21. The van der Waals surface area contributed by atoms with Gasteiger partial charge in [-0.2, -0.15) is 5.10 Å². The van der Waals surface area contributed by atoms with Crippen LogP contribution in [0.2, 0.25) is 0 Å². The summed E-state index contributed by atoms with van der Waals surface area (Å²) in [5.74, 6) is -0.556. The molecule has 1 saturated heterocycles. The van der Waals surface area contributed by atoms with Gasteiger partial charge in [-0.25, -0.2) is 9.78 Å². The number of amides is 3.